The van der Waals surface area contributed by atoms with Gasteiger partial charge in [0, 0.05) is 29.2 Å². The van der Waals surface area contributed by atoms with Gasteiger partial charge in [0.25, 0.3) is 0 Å². The van der Waals surface area contributed by atoms with E-state index in [1.54, 1.807) is 0 Å². The number of carbonyl (C=O) groups is 1. The Morgan fingerprint density at radius 2 is 2.13 bits per heavy atom. The molecule has 1 heterocycles. The number of carboxylic acid groups (broad SMARTS) is 1. The normalized spacial score (nSPS) is 20.3. The number of anilines is 1. The number of carboxylic acids is 1. The number of hydrogen-bond acceptors (Lipinski definition) is 6. The van der Waals surface area contributed by atoms with Crippen LogP contribution in [0.4, 0.5) is 5.13 Å². The summed E-state index contributed by atoms with van der Waals surface area (Å²) in [7, 11) is 0. The van der Waals surface area contributed by atoms with E-state index in [0.717, 1.165) is 35.9 Å². The first-order valence-corrected chi connectivity index (χ1v) is 8.54. The summed E-state index contributed by atoms with van der Waals surface area (Å²) in [5.74, 6) is -0.0186. The Morgan fingerprint density at radius 3 is 2.78 bits per heavy atom. The molecule has 0 aliphatic heterocycles. The number of hydrogen-bond donors (Lipinski definition) is 2. The van der Waals surface area contributed by atoms with Crippen LogP contribution in [0.25, 0.3) is 11.4 Å². The van der Waals surface area contributed by atoms with Crippen molar-refractivity contribution in [2.45, 2.75) is 31.8 Å². The molecular weight excluding hydrogens is 312 g/mol. The smallest absolute Gasteiger partial charge is 0.317 e. The summed E-state index contributed by atoms with van der Waals surface area (Å²) in [5.41, 5.74) is 1.02. The standard InChI is InChI=1S/C16H20N4O2S/c1-2-20(10-14(21)22)13-8-12(9-13)17-16-18-15(19-23-16)11-6-4-3-5-7-11/h3-7,12-13H,2,8-10H2,1H3,(H,21,22)(H,17,18,19). The van der Waals surface area contributed by atoms with Crippen molar-refractivity contribution in [3.63, 3.8) is 0 Å². The first kappa shape index (κ1) is 15.9. The minimum atomic E-state index is -0.764. The molecular formula is C16H20N4O2S. The maximum atomic E-state index is 10.8. The van der Waals surface area contributed by atoms with Crippen LogP contribution in [0, 0.1) is 0 Å². The van der Waals surface area contributed by atoms with E-state index >= 15 is 0 Å². The van der Waals surface area contributed by atoms with Crippen LogP contribution in [0.15, 0.2) is 30.3 Å². The highest BCUT2D eigenvalue weighted by Gasteiger charge is 2.34. The first-order chi connectivity index (χ1) is 11.2. The zero-order valence-electron chi connectivity index (χ0n) is 13.0. The van der Waals surface area contributed by atoms with Crippen LogP contribution >= 0.6 is 11.5 Å². The van der Waals surface area contributed by atoms with Crippen molar-refractivity contribution in [3.8, 4) is 11.4 Å². The maximum Gasteiger partial charge on any atom is 0.317 e. The fraction of sp³-hybridized carbons (Fsp3) is 0.438. The van der Waals surface area contributed by atoms with Gasteiger partial charge >= 0.3 is 5.97 Å². The maximum absolute atomic E-state index is 10.8. The molecule has 1 fully saturated rings. The topological polar surface area (TPSA) is 78.4 Å². The molecule has 7 heteroatoms. The summed E-state index contributed by atoms with van der Waals surface area (Å²) in [6, 6.07) is 10.6. The van der Waals surface area contributed by atoms with Crippen LogP contribution in [-0.4, -0.2) is 50.5 Å². The molecule has 3 rings (SSSR count). The lowest BCUT2D eigenvalue weighted by molar-refractivity contribution is -0.139. The van der Waals surface area contributed by atoms with E-state index in [9.17, 15) is 4.79 Å². The number of rotatable bonds is 7. The van der Waals surface area contributed by atoms with E-state index in [2.05, 4.69) is 14.7 Å². The van der Waals surface area contributed by atoms with Gasteiger partial charge in [0.15, 0.2) is 5.82 Å². The molecule has 0 radical (unpaired) electrons. The first-order valence-electron chi connectivity index (χ1n) is 7.77. The number of aliphatic carboxylic acids is 1. The average molecular weight is 332 g/mol. The molecule has 1 aromatic heterocycles. The van der Waals surface area contributed by atoms with Gasteiger partial charge in [-0.25, -0.2) is 0 Å². The molecule has 1 aliphatic rings. The highest BCUT2D eigenvalue weighted by atomic mass is 32.1. The second-order valence-electron chi connectivity index (χ2n) is 5.71. The van der Waals surface area contributed by atoms with E-state index in [4.69, 9.17) is 5.11 Å². The summed E-state index contributed by atoms with van der Waals surface area (Å²) < 4.78 is 4.39. The molecule has 1 aromatic carbocycles. The Morgan fingerprint density at radius 1 is 1.39 bits per heavy atom. The van der Waals surface area contributed by atoms with Gasteiger partial charge in [-0.3, -0.25) is 9.69 Å². The molecule has 6 nitrogen and oxygen atoms in total. The fourth-order valence-electron chi connectivity index (χ4n) is 2.84. The minimum Gasteiger partial charge on any atom is -0.480 e. The monoisotopic (exact) mass is 332 g/mol. The third kappa shape index (κ3) is 3.86. The van der Waals surface area contributed by atoms with E-state index in [1.165, 1.54) is 11.5 Å². The average Bonchev–Trinajstić information content (AvgIpc) is 2.98. The van der Waals surface area contributed by atoms with Crippen molar-refractivity contribution >= 4 is 22.6 Å². The van der Waals surface area contributed by atoms with Crippen molar-refractivity contribution < 1.29 is 9.90 Å². The summed E-state index contributed by atoms with van der Waals surface area (Å²) in [6.45, 7) is 2.88. The third-order valence-corrected chi connectivity index (χ3v) is 4.81. The van der Waals surface area contributed by atoms with Crippen LogP contribution in [0.3, 0.4) is 0 Å². The quantitative estimate of drug-likeness (QED) is 0.811. The fourth-order valence-corrected chi connectivity index (χ4v) is 3.50. The van der Waals surface area contributed by atoms with Crippen LogP contribution < -0.4 is 5.32 Å². The second kappa shape index (κ2) is 7.06. The van der Waals surface area contributed by atoms with Crippen LogP contribution in [0.5, 0.6) is 0 Å². The van der Waals surface area contributed by atoms with Crippen molar-refractivity contribution in [3.05, 3.63) is 30.3 Å². The second-order valence-corrected chi connectivity index (χ2v) is 6.46. The molecule has 0 spiro atoms. The molecule has 1 aliphatic carbocycles. The number of nitrogens with one attached hydrogen (secondary N) is 1. The Kier molecular flexibility index (Phi) is 4.88. The van der Waals surface area contributed by atoms with Crippen molar-refractivity contribution in [1.82, 2.24) is 14.3 Å². The molecule has 0 unspecified atom stereocenters. The van der Waals surface area contributed by atoms with Crippen LogP contribution in [-0.2, 0) is 4.79 Å². The summed E-state index contributed by atoms with van der Waals surface area (Å²) in [5, 5.41) is 13.2. The van der Waals surface area contributed by atoms with E-state index in [-0.39, 0.29) is 6.54 Å². The summed E-state index contributed by atoms with van der Waals surface area (Å²) in [4.78, 5) is 17.4. The molecule has 0 amide bonds. The number of nitrogens with zero attached hydrogens (tertiary/aromatic N) is 3. The van der Waals surface area contributed by atoms with Crippen molar-refractivity contribution in [1.29, 1.82) is 0 Å². The zero-order chi connectivity index (χ0) is 16.2. The molecule has 0 atom stereocenters. The molecule has 1 saturated carbocycles. The number of aromatic nitrogens is 2. The predicted octanol–water partition coefficient (Wildman–Crippen LogP) is 2.55. The van der Waals surface area contributed by atoms with Gasteiger partial charge in [0.05, 0.1) is 6.54 Å². The molecule has 122 valence electrons. The van der Waals surface area contributed by atoms with Crippen molar-refractivity contribution in [2.75, 3.05) is 18.4 Å². The number of benzene rings is 1. The van der Waals surface area contributed by atoms with Gasteiger partial charge in [-0.2, -0.15) is 9.36 Å². The van der Waals surface area contributed by atoms with E-state index in [0.29, 0.717) is 12.1 Å². The molecule has 2 aromatic rings. The highest BCUT2D eigenvalue weighted by Crippen LogP contribution is 2.30. The van der Waals surface area contributed by atoms with Gasteiger partial charge in [-0.05, 0) is 19.4 Å². The van der Waals surface area contributed by atoms with Gasteiger partial charge in [-0.15, -0.1) is 0 Å². The van der Waals surface area contributed by atoms with Crippen LogP contribution in [0.1, 0.15) is 19.8 Å². The largest absolute Gasteiger partial charge is 0.480 e. The Bertz CT molecular complexity index is 655. The molecule has 0 saturated heterocycles. The minimum absolute atomic E-state index is 0.116. The van der Waals surface area contributed by atoms with Crippen molar-refractivity contribution in [2.24, 2.45) is 0 Å². The Balaban J connectivity index is 1.52. The van der Waals surface area contributed by atoms with Crippen LogP contribution in [0.2, 0.25) is 0 Å². The highest BCUT2D eigenvalue weighted by molar-refractivity contribution is 7.09. The lowest BCUT2D eigenvalue weighted by Crippen LogP contribution is -2.51. The van der Waals surface area contributed by atoms with Gasteiger partial charge < -0.3 is 10.4 Å². The molecule has 2 N–H and O–H groups in total. The number of likely N-dealkylation sites (N-methyl/N-ethyl adjacent to an activating group) is 1. The lowest BCUT2D eigenvalue weighted by Gasteiger charge is -2.42. The summed E-state index contributed by atoms with van der Waals surface area (Å²) in [6.07, 6.45) is 1.89. The SMILES string of the molecule is CCN(CC(=O)O)C1CC(Nc2nc(-c3ccccc3)ns2)C1. The summed E-state index contributed by atoms with van der Waals surface area (Å²) >= 11 is 1.37. The molecule has 23 heavy (non-hydrogen) atoms. The Labute approximate surface area is 139 Å². The third-order valence-electron chi connectivity index (χ3n) is 4.16. The Hall–Kier alpha value is -1.99. The molecule has 0 bridgehead atoms. The van der Waals surface area contributed by atoms with Gasteiger partial charge in [0.2, 0.25) is 5.13 Å². The van der Waals surface area contributed by atoms with E-state index < -0.39 is 5.97 Å². The van der Waals surface area contributed by atoms with E-state index in [1.807, 2.05) is 42.2 Å². The van der Waals surface area contributed by atoms with Gasteiger partial charge in [0.1, 0.15) is 0 Å². The van der Waals surface area contributed by atoms with Gasteiger partial charge in [-0.1, -0.05) is 37.3 Å². The predicted molar refractivity (Wildman–Crippen MR) is 90.7 cm³/mol. The lowest BCUT2D eigenvalue weighted by atomic mass is 9.85. The zero-order valence-corrected chi connectivity index (χ0v) is 13.8.